The summed E-state index contributed by atoms with van der Waals surface area (Å²) in [4.78, 5) is 14.5. The molecule has 20 heavy (non-hydrogen) atoms. The van der Waals surface area contributed by atoms with Crippen LogP contribution in [-0.2, 0) is 12.8 Å². The molecule has 3 heterocycles. The van der Waals surface area contributed by atoms with Crippen LogP contribution in [0.2, 0.25) is 0 Å². The fourth-order valence-corrected chi connectivity index (χ4v) is 5.56. The molecule has 2 aromatic heterocycles. The molecule has 4 rings (SSSR count). The van der Waals surface area contributed by atoms with Crippen LogP contribution in [0, 0.1) is 0 Å². The van der Waals surface area contributed by atoms with Gasteiger partial charge in [-0.15, -0.1) is 11.3 Å². The first-order chi connectivity index (χ1) is 9.88. The summed E-state index contributed by atoms with van der Waals surface area (Å²) >= 11 is 3.84. The minimum absolute atomic E-state index is 0.653. The zero-order valence-corrected chi connectivity index (χ0v) is 13.4. The van der Waals surface area contributed by atoms with Crippen LogP contribution in [0.1, 0.15) is 29.7 Å². The van der Waals surface area contributed by atoms with Crippen molar-refractivity contribution in [2.75, 3.05) is 23.5 Å². The molecule has 0 amide bonds. The second kappa shape index (κ2) is 5.19. The van der Waals surface area contributed by atoms with E-state index in [2.05, 4.69) is 21.1 Å². The monoisotopic (exact) mass is 305 g/mol. The molecule has 1 aliphatic carbocycles. The molecule has 0 saturated carbocycles. The van der Waals surface area contributed by atoms with Crippen LogP contribution in [0.5, 0.6) is 0 Å². The lowest BCUT2D eigenvalue weighted by Gasteiger charge is -2.26. The first-order valence-corrected chi connectivity index (χ1v) is 9.60. The van der Waals surface area contributed by atoms with E-state index in [9.17, 15) is 0 Å². The number of aromatic nitrogens is 2. The van der Waals surface area contributed by atoms with Crippen molar-refractivity contribution in [1.82, 2.24) is 9.97 Å². The molecule has 0 spiro atoms. The summed E-state index contributed by atoms with van der Waals surface area (Å²) in [5.41, 5.74) is 1.55. The van der Waals surface area contributed by atoms with Crippen molar-refractivity contribution >= 4 is 39.1 Å². The Kier molecular flexibility index (Phi) is 3.34. The third-order valence-electron chi connectivity index (χ3n) is 4.49. The predicted molar refractivity (Wildman–Crippen MR) is 88.2 cm³/mol. The van der Waals surface area contributed by atoms with Gasteiger partial charge in [-0.05, 0) is 43.9 Å². The standard InChI is InChI=1S/C15H19N3S2/c1-19-8-10-4-3-7-18(10)14-13-11-5-2-6-12(11)20-15(13)17-9-16-14/h9-10H,2-8H2,1H3. The number of thioether (sulfide) groups is 1. The van der Waals surface area contributed by atoms with Crippen molar-refractivity contribution in [3.63, 3.8) is 0 Å². The summed E-state index contributed by atoms with van der Waals surface area (Å²) in [5, 5.41) is 1.37. The lowest BCUT2D eigenvalue weighted by atomic mass is 10.1. The fourth-order valence-electron chi connectivity index (χ4n) is 3.61. The van der Waals surface area contributed by atoms with Gasteiger partial charge < -0.3 is 4.90 Å². The summed E-state index contributed by atoms with van der Waals surface area (Å²) in [7, 11) is 0. The fraction of sp³-hybridized carbons (Fsp3) is 0.600. The molecular weight excluding hydrogens is 286 g/mol. The highest BCUT2D eigenvalue weighted by molar-refractivity contribution is 7.98. The Bertz CT molecular complexity index is 637. The predicted octanol–water partition coefficient (Wildman–Crippen LogP) is 3.51. The molecule has 5 heteroatoms. The summed E-state index contributed by atoms with van der Waals surface area (Å²) < 4.78 is 0. The van der Waals surface area contributed by atoms with E-state index in [1.54, 1.807) is 16.8 Å². The Morgan fingerprint density at radius 2 is 2.30 bits per heavy atom. The third-order valence-corrected chi connectivity index (χ3v) is 6.41. The molecule has 0 N–H and O–H groups in total. The van der Waals surface area contributed by atoms with Gasteiger partial charge in [0.05, 0.1) is 5.39 Å². The van der Waals surface area contributed by atoms with Crippen LogP contribution in [0.15, 0.2) is 6.33 Å². The van der Waals surface area contributed by atoms with E-state index in [1.807, 2.05) is 23.1 Å². The molecule has 1 atom stereocenters. The van der Waals surface area contributed by atoms with Crippen molar-refractivity contribution in [3.8, 4) is 0 Å². The SMILES string of the molecule is CSCC1CCCN1c1ncnc2sc3c(c12)CCC3. The van der Waals surface area contributed by atoms with E-state index < -0.39 is 0 Å². The molecular formula is C15H19N3S2. The first-order valence-electron chi connectivity index (χ1n) is 7.39. The summed E-state index contributed by atoms with van der Waals surface area (Å²) in [6.07, 6.45) is 10.3. The second-order valence-electron chi connectivity index (χ2n) is 5.68. The Hall–Kier alpha value is -0.810. The minimum atomic E-state index is 0.653. The molecule has 1 unspecified atom stereocenters. The second-order valence-corrected chi connectivity index (χ2v) is 7.67. The summed E-state index contributed by atoms with van der Waals surface area (Å²) in [6, 6.07) is 0.653. The average Bonchev–Trinajstić information content (AvgIpc) is 3.12. The van der Waals surface area contributed by atoms with E-state index in [1.165, 1.54) is 53.9 Å². The van der Waals surface area contributed by atoms with Gasteiger partial charge >= 0.3 is 0 Å². The zero-order valence-electron chi connectivity index (χ0n) is 11.8. The number of hydrogen-bond donors (Lipinski definition) is 0. The van der Waals surface area contributed by atoms with E-state index in [0.717, 1.165) is 6.54 Å². The van der Waals surface area contributed by atoms with Crippen LogP contribution in [-0.4, -0.2) is 34.6 Å². The number of thiophene rings is 1. The number of nitrogens with zero attached hydrogens (tertiary/aromatic N) is 3. The van der Waals surface area contributed by atoms with Crippen LogP contribution >= 0.6 is 23.1 Å². The lowest BCUT2D eigenvalue weighted by molar-refractivity contribution is 0.739. The maximum Gasteiger partial charge on any atom is 0.141 e. The molecule has 106 valence electrons. The largest absolute Gasteiger partial charge is 0.352 e. The lowest BCUT2D eigenvalue weighted by Crippen LogP contribution is -2.32. The normalized spacial score (nSPS) is 21.9. The molecule has 1 fully saturated rings. The Labute approximate surface area is 127 Å². The highest BCUT2D eigenvalue weighted by Gasteiger charge is 2.29. The molecule has 0 aromatic carbocycles. The van der Waals surface area contributed by atoms with Gasteiger partial charge in [0.1, 0.15) is 17.0 Å². The van der Waals surface area contributed by atoms with Crippen LogP contribution in [0.4, 0.5) is 5.82 Å². The molecule has 0 radical (unpaired) electrons. The van der Waals surface area contributed by atoms with E-state index in [4.69, 9.17) is 0 Å². The molecule has 1 saturated heterocycles. The minimum Gasteiger partial charge on any atom is -0.352 e. The van der Waals surface area contributed by atoms with Crippen LogP contribution in [0.25, 0.3) is 10.2 Å². The van der Waals surface area contributed by atoms with Gasteiger partial charge in [-0.2, -0.15) is 11.8 Å². The van der Waals surface area contributed by atoms with Crippen LogP contribution < -0.4 is 4.90 Å². The van der Waals surface area contributed by atoms with Gasteiger partial charge in [-0.3, -0.25) is 0 Å². The number of aryl methyl sites for hydroxylation is 2. The summed E-state index contributed by atoms with van der Waals surface area (Å²) in [6.45, 7) is 1.15. The molecule has 2 aromatic rings. The first kappa shape index (κ1) is 12.9. The highest BCUT2D eigenvalue weighted by Crippen LogP contribution is 2.41. The van der Waals surface area contributed by atoms with Crippen LogP contribution in [0.3, 0.4) is 0 Å². The quantitative estimate of drug-likeness (QED) is 0.868. The third kappa shape index (κ3) is 1.94. The molecule has 1 aliphatic heterocycles. The van der Waals surface area contributed by atoms with Gasteiger partial charge in [0.2, 0.25) is 0 Å². The number of hydrogen-bond acceptors (Lipinski definition) is 5. The van der Waals surface area contributed by atoms with E-state index >= 15 is 0 Å². The van der Waals surface area contributed by atoms with Crippen molar-refractivity contribution in [2.45, 2.75) is 38.1 Å². The Morgan fingerprint density at radius 3 is 3.20 bits per heavy atom. The molecule has 3 nitrogen and oxygen atoms in total. The number of rotatable bonds is 3. The van der Waals surface area contributed by atoms with Crippen molar-refractivity contribution in [1.29, 1.82) is 0 Å². The average molecular weight is 305 g/mol. The molecule has 2 aliphatic rings. The Morgan fingerprint density at radius 1 is 1.35 bits per heavy atom. The number of fused-ring (bicyclic) bond motifs is 3. The van der Waals surface area contributed by atoms with Gasteiger partial charge in [-0.1, -0.05) is 0 Å². The topological polar surface area (TPSA) is 29.0 Å². The maximum absolute atomic E-state index is 4.68. The van der Waals surface area contributed by atoms with Gasteiger partial charge in [0.15, 0.2) is 0 Å². The van der Waals surface area contributed by atoms with Crippen molar-refractivity contribution < 1.29 is 0 Å². The van der Waals surface area contributed by atoms with Crippen molar-refractivity contribution in [3.05, 3.63) is 16.8 Å². The number of anilines is 1. The smallest absolute Gasteiger partial charge is 0.141 e. The molecule has 0 bridgehead atoms. The van der Waals surface area contributed by atoms with Gasteiger partial charge in [0, 0.05) is 23.2 Å². The Balaban J connectivity index is 1.83. The van der Waals surface area contributed by atoms with Gasteiger partial charge in [0.25, 0.3) is 0 Å². The zero-order chi connectivity index (χ0) is 13.5. The summed E-state index contributed by atoms with van der Waals surface area (Å²) in [5.74, 6) is 2.42. The van der Waals surface area contributed by atoms with E-state index in [0.29, 0.717) is 6.04 Å². The van der Waals surface area contributed by atoms with Gasteiger partial charge in [-0.25, -0.2) is 9.97 Å². The van der Waals surface area contributed by atoms with E-state index in [-0.39, 0.29) is 0 Å². The maximum atomic E-state index is 4.68. The highest BCUT2D eigenvalue weighted by atomic mass is 32.2. The van der Waals surface area contributed by atoms with Crippen molar-refractivity contribution in [2.24, 2.45) is 0 Å².